The van der Waals surface area contributed by atoms with Crippen LogP contribution in [-0.2, 0) is 4.74 Å². The van der Waals surface area contributed by atoms with Gasteiger partial charge < -0.3 is 15.5 Å². The molecule has 0 aromatic carbocycles. The van der Waals surface area contributed by atoms with Crippen molar-refractivity contribution >= 4 is 11.7 Å². The summed E-state index contributed by atoms with van der Waals surface area (Å²) in [7, 11) is 0. The second-order valence-electron chi connectivity index (χ2n) is 4.66. The highest BCUT2D eigenvalue weighted by Crippen LogP contribution is 2.23. The highest BCUT2D eigenvalue weighted by atomic mass is 16.5. The van der Waals surface area contributed by atoms with E-state index in [1.807, 2.05) is 6.92 Å². The zero-order valence-corrected chi connectivity index (χ0v) is 10.4. The van der Waals surface area contributed by atoms with Crippen molar-refractivity contribution in [2.75, 3.05) is 18.6 Å². The first kappa shape index (κ1) is 12.8. The molecule has 0 aliphatic carbocycles. The van der Waals surface area contributed by atoms with Gasteiger partial charge in [-0.3, -0.25) is 4.79 Å². The maximum Gasteiger partial charge on any atom is 0.251 e. The molecule has 1 aliphatic rings. The Kier molecular flexibility index (Phi) is 3.78. The molecule has 0 spiro atoms. The van der Waals surface area contributed by atoms with Crippen LogP contribution in [0.3, 0.4) is 0 Å². The van der Waals surface area contributed by atoms with E-state index in [4.69, 9.17) is 10.6 Å². The minimum atomic E-state index is -0.238. The van der Waals surface area contributed by atoms with Crippen LogP contribution in [0.1, 0.15) is 30.1 Å². The van der Waals surface area contributed by atoms with Crippen LogP contribution in [0, 0.1) is 0 Å². The summed E-state index contributed by atoms with van der Waals surface area (Å²) in [6.07, 6.45) is 3.56. The molecule has 1 aromatic heterocycles. The second-order valence-corrected chi connectivity index (χ2v) is 4.66. The molecule has 0 bridgehead atoms. The second kappa shape index (κ2) is 5.32. The Morgan fingerprint density at radius 1 is 1.67 bits per heavy atom. The molecule has 1 aromatic rings. The lowest BCUT2D eigenvalue weighted by molar-refractivity contribution is 0.0206. The van der Waals surface area contributed by atoms with Gasteiger partial charge in [0.15, 0.2) is 0 Å². The van der Waals surface area contributed by atoms with Crippen molar-refractivity contribution in [2.45, 2.75) is 25.4 Å². The first-order valence-corrected chi connectivity index (χ1v) is 5.98. The number of carbonyl (C=O) groups is 1. The molecule has 4 N–H and O–H groups in total. The molecule has 6 nitrogen and oxygen atoms in total. The van der Waals surface area contributed by atoms with E-state index in [1.165, 1.54) is 6.20 Å². The zero-order chi connectivity index (χ0) is 13.0. The van der Waals surface area contributed by atoms with Crippen molar-refractivity contribution < 1.29 is 9.53 Å². The minimum absolute atomic E-state index is 0.148. The number of carbonyl (C=O) groups excluding carboxylic acids is 1. The number of hydrogen-bond donors (Lipinski definition) is 3. The SMILES string of the molecule is CC1(CNC(=O)c2ccnc(NN)c2)CCCO1. The summed E-state index contributed by atoms with van der Waals surface area (Å²) >= 11 is 0. The van der Waals surface area contributed by atoms with Crippen LogP contribution in [0.2, 0.25) is 0 Å². The quantitative estimate of drug-likeness (QED) is 0.540. The van der Waals surface area contributed by atoms with Gasteiger partial charge in [0.05, 0.1) is 5.60 Å². The first-order chi connectivity index (χ1) is 8.63. The van der Waals surface area contributed by atoms with Crippen molar-refractivity contribution in [3.8, 4) is 0 Å². The van der Waals surface area contributed by atoms with Crippen LogP contribution in [0.15, 0.2) is 18.3 Å². The molecule has 0 radical (unpaired) electrons. The number of nitrogens with zero attached hydrogens (tertiary/aromatic N) is 1. The Morgan fingerprint density at radius 2 is 2.50 bits per heavy atom. The third-order valence-corrected chi connectivity index (χ3v) is 3.09. The van der Waals surface area contributed by atoms with Gasteiger partial charge in [-0.15, -0.1) is 0 Å². The molecule has 1 fully saturated rings. The lowest BCUT2D eigenvalue weighted by atomic mass is 10.0. The smallest absolute Gasteiger partial charge is 0.251 e. The number of hydrogen-bond acceptors (Lipinski definition) is 5. The maximum atomic E-state index is 11.9. The third-order valence-electron chi connectivity index (χ3n) is 3.09. The number of rotatable bonds is 4. The van der Waals surface area contributed by atoms with Crippen LogP contribution < -0.4 is 16.6 Å². The Hall–Kier alpha value is -1.66. The molecule has 0 saturated carbocycles. The molecule has 2 heterocycles. The topological polar surface area (TPSA) is 89.3 Å². The number of nitrogens with two attached hydrogens (primary N) is 1. The monoisotopic (exact) mass is 250 g/mol. The van der Waals surface area contributed by atoms with Gasteiger partial charge in [0.1, 0.15) is 5.82 Å². The normalized spacial score (nSPS) is 22.8. The van der Waals surface area contributed by atoms with Gasteiger partial charge in [-0.25, -0.2) is 10.8 Å². The van der Waals surface area contributed by atoms with Crippen molar-refractivity contribution in [1.82, 2.24) is 10.3 Å². The molecular formula is C12H18N4O2. The summed E-state index contributed by atoms with van der Waals surface area (Å²) in [5, 5.41) is 2.87. The van der Waals surface area contributed by atoms with Gasteiger partial charge in [-0.05, 0) is 31.9 Å². The number of aromatic nitrogens is 1. The molecular weight excluding hydrogens is 232 g/mol. The van der Waals surface area contributed by atoms with Crippen LogP contribution in [0.5, 0.6) is 0 Å². The van der Waals surface area contributed by atoms with E-state index in [1.54, 1.807) is 12.1 Å². The van der Waals surface area contributed by atoms with Gasteiger partial charge >= 0.3 is 0 Å². The molecule has 2 rings (SSSR count). The van der Waals surface area contributed by atoms with Crippen LogP contribution >= 0.6 is 0 Å². The number of nitrogens with one attached hydrogen (secondary N) is 2. The molecule has 18 heavy (non-hydrogen) atoms. The highest BCUT2D eigenvalue weighted by molar-refractivity contribution is 5.94. The Labute approximate surface area is 106 Å². The van der Waals surface area contributed by atoms with Crippen LogP contribution in [-0.4, -0.2) is 29.6 Å². The van der Waals surface area contributed by atoms with E-state index < -0.39 is 0 Å². The predicted molar refractivity (Wildman–Crippen MR) is 68.0 cm³/mol. The number of amides is 1. The fourth-order valence-electron chi connectivity index (χ4n) is 2.00. The standard InChI is InChI=1S/C12H18N4O2/c1-12(4-2-6-18-12)8-15-11(17)9-3-5-14-10(7-9)16-13/h3,5,7H,2,4,6,8,13H2,1H3,(H,14,16)(H,15,17). The first-order valence-electron chi connectivity index (χ1n) is 5.98. The lowest BCUT2D eigenvalue weighted by Gasteiger charge is -2.23. The van der Waals surface area contributed by atoms with Crippen molar-refractivity contribution in [2.24, 2.45) is 5.84 Å². The van der Waals surface area contributed by atoms with Gasteiger partial charge in [-0.1, -0.05) is 0 Å². The van der Waals surface area contributed by atoms with Gasteiger partial charge in [0.25, 0.3) is 5.91 Å². The average molecular weight is 250 g/mol. The molecule has 1 amide bonds. The predicted octanol–water partition coefficient (Wildman–Crippen LogP) is 0.666. The fraction of sp³-hybridized carbons (Fsp3) is 0.500. The number of anilines is 1. The van der Waals surface area contributed by atoms with Crippen LogP contribution in [0.4, 0.5) is 5.82 Å². The minimum Gasteiger partial charge on any atom is -0.373 e. The number of nitrogen functional groups attached to an aromatic ring is 1. The summed E-state index contributed by atoms with van der Waals surface area (Å²) in [5.74, 6) is 5.57. The Balaban J connectivity index is 1.94. The van der Waals surface area contributed by atoms with E-state index in [0.717, 1.165) is 19.4 Å². The van der Waals surface area contributed by atoms with Gasteiger partial charge in [0.2, 0.25) is 0 Å². The summed E-state index contributed by atoms with van der Waals surface area (Å²) in [6.45, 7) is 3.29. The number of pyridine rings is 1. The fourth-order valence-corrected chi connectivity index (χ4v) is 2.00. The largest absolute Gasteiger partial charge is 0.373 e. The van der Waals surface area contributed by atoms with E-state index in [-0.39, 0.29) is 11.5 Å². The Bertz CT molecular complexity index is 430. The molecule has 1 atom stereocenters. The number of hydrazine groups is 1. The van der Waals surface area contributed by atoms with Crippen molar-refractivity contribution in [3.05, 3.63) is 23.9 Å². The molecule has 1 saturated heterocycles. The van der Waals surface area contributed by atoms with E-state index >= 15 is 0 Å². The average Bonchev–Trinajstić information content (AvgIpc) is 2.83. The third kappa shape index (κ3) is 2.96. The molecule has 6 heteroatoms. The summed E-state index contributed by atoms with van der Waals surface area (Å²) in [5.41, 5.74) is 2.70. The molecule has 1 aliphatic heterocycles. The van der Waals surface area contributed by atoms with E-state index in [9.17, 15) is 4.79 Å². The zero-order valence-electron chi connectivity index (χ0n) is 10.4. The molecule has 1 unspecified atom stereocenters. The van der Waals surface area contributed by atoms with E-state index in [2.05, 4.69) is 15.7 Å². The summed E-state index contributed by atoms with van der Waals surface area (Å²) < 4.78 is 5.61. The number of ether oxygens (including phenoxy) is 1. The summed E-state index contributed by atoms with van der Waals surface area (Å²) in [4.78, 5) is 15.9. The molecule has 98 valence electrons. The van der Waals surface area contributed by atoms with Crippen molar-refractivity contribution in [1.29, 1.82) is 0 Å². The van der Waals surface area contributed by atoms with Crippen LogP contribution in [0.25, 0.3) is 0 Å². The Morgan fingerprint density at radius 3 is 3.17 bits per heavy atom. The van der Waals surface area contributed by atoms with Gasteiger partial charge in [-0.2, -0.15) is 0 Å². The highest BCUT2D eigenvalue weighted by Gasteiger charge is 2.30. The lowest BCUT2D eigenvalue weighted by Crippen LogP contribution is -2.40. The van der Waals surface area contributed by atoms with Crippen molar-refractivity contribution in [3.63, 3.8) is 0 Å². The summed E-state index contributed by atoms with van der Waals surface area (Å²) in [6, 6.07) is 3.25. The van der Waals surface area contributed by atoms with E-state index in [0.29, 0.717) is 17.9 Å². The maximum absolute atomic E-state index is 11.9. The van der Waals surface area contributed by atoms with Gasteiger partial charge in [0, 0.05) is 24.9 Å².